The van der Waals surface area contributed by atoms with Gasteiger partial charge in [0.2, 0.25) is 5.91 Å². The Kier molecular flexibility index (Phi) is 3.91. The Balaban J connectivity index is 1.87. The van der Waals surface area contributed by atoms with E-state index in [-0.39, 0.29) is 12.5 Å². The zero-order valence-corrected chi connectivity index (χ0v) is 15.6. The quantitative estimate of drug-likeness (QED) is 0.561. The van der Waals surface area contributed by atoms with Crippen LogP contribution in [0.1, 0.15) is 23.6 Å². The third kappa shape index (κ3) is 2.70. The van der Waals surface area contributed by atoms with Gasteiger partial charge in [0.05, 0.1) is 23.6 Å². The van der Waals surface area contributed by atoms with E-state index in [4.69, 9.17) is 4.99 Å². The third-order valence-corrected chi connectivity index (χ3v) is 5.31. The minimum Gasteiger partial charge on any atom is -0.306 e. The molecule has 0 unspecified atom stereocenters. The maximum Gasteiger partial charge on any atom is 0.224 e. The Bertz CT molecular complexity index is 1230. The van der Waals surface area contributed by atoms with E-state index in [1.807, 2.05) is 48.5 Å². The molecule has 2 aliphatic rings. The molecular formula is C24H16F2N2O. The number of aliphatic imine (C=N–C) groups is 1. The van der Waals surface area contributed by atoms with Crippen LogP contribution in [0, 0.1) is 11.6 Å². The van der Waals surface area contributed by atoms with Gasteiger partial charge in [0.1, 0.15) is 11.6 Å². The van der Waals surface area contributed by atoms with Crippen LogP contribution >= 0.6 is 0 Å². The fourth-order valence-corrected chi connectivity index (χ4v) is 4.08. The minimum absolute atomic E-state index is 0.142. The van der Waals surface area contributed by atoms with Crippen LogP contribution in [0.25, 0.3) is 5.57 Å². The molecule has 1 amide bonds. The normalized spacial score (nSPS) is 14.7. The highest BCUT2D eigenvalue weighted by atomic mass is 19.1. The number of nitrogens with zero attached hydrogens (tertiary/aromatic N) is 2. The summed E-state index contributed by atoms with van der Waals surface area (Å²) >= 11 is 0. The number of rotatable bonds is 1. The molecule has 3 aromatic rings. The van der Waals surface area contributed by atoms with Gasteiger partial charge < -0.3 is 4.90 Å². The molecule has 0 aromatic heterocycles. The zero-order chi connectivity index (χ0) is 20.1. The first-order chi connectivity index (χ1) is 14.0. The number of hydrogen-bond acceptors (Lipinski definition) is 2. The molecule has 0 bridgehead atoms. The summed E-state index contributed by atoms with van der Waals surface area (Å²) in [6.45, 7) is 1.72. The van der Waals surface area contributed by atoms with Crippen molar-refractivity contribution in [2.45, 2.75) is 6.92 Å². The van der Waals surface area contributed by atoms with Crippen molar-refractivity contribution in [3.8, 4) is 0 Å². The van der Waals surface area contributed by atoms with Crippen LogP contribution in [0.2, 0.25) is 0 Å². The smallest absolute Gasteiger partial charge is 0.224 e. The lowest BCUT2D eigenvalue weighted by molar-refractivity contribution is -0.116. The molecule has 5 rings (SSSR count). The lowest BCUT2D eigenvalue weighted by Gasteiger charge is -2.22. The fraction of sp³-hybridized carbons (Fsp3) is 0.0833. The van der Waals surface area contributed by atoms with Gasteiger partial charge >= 0.3 is 0 Å². The Hall–Kier alpha value is -3.60. The molecule has 0 radical (unpaired) electrons. The van der Waals surface area contributed by atoms with Gasteiger partial charge in [-0.2, -0.15) is 0 Å². The number of hydrogen-bond donors (Lipinski definition) is 0. The van der Waals surface area contributed by atoms with E-state index in [0.29, 0.717) is 39.4 Å². The van der Waals surface area contributed by atoms with Crippen LogP contribution in [-0.2, 0) is 4.79 Å². The number of carbonyl (C=O) groups excluding carboxylic acids is 1. The van der Waals surface area contributed by atoms with E-state index in [1.54, 1.807) is 11.0 Å². The van der Waals surface area contributed by atoms with Gasteiger partial charge in [-0.05, 0) is 29.3 Å². The fourth-order valence-electron chi connectivity index (χ4n) is 4.08. The first-order valence-corrected chi connectivity index (χ1v) is 9.29. The molecule has 0 saturated heterocycles. The van der Waals surface area contributed by atoms with Gasteiger partial charge in [-0.3, -0.25) is 4.79 Å². The number of anilines is 1. The SMILES string of the molecule is CC(=O)N1CC2=C(c3ccccc3)c3c(F)cc(F)cc3C2=Nc2ccccc21. The summed E-state index contributed by atoms with van der Waals surface area (Å²) in [5.41, 5.74) is 4.68. The monoisotopic (exact) mass is 386 g/mol. The predicted molar refractivity (Wildman–Crippen MR) is 109 cm³/mol. The van der Waals surface area contributed by atoms with Gasteiger partial charge in [0.15, 0.2) is 0 Å². The molecule has 1 aliphatic carbocycles. The highest BCUT2D eigenvalue weighted by Crippen LogP contribution is 2.44. The van der Waals surface area contributed by atoms with Crippen molar-refractivity contribution in [2.24, 2.45) is 4.99 Å². The van der Waals surface area contributed by atoms with Crippen molar-refractivity contribution in [1.82, 2.24) is 0 Å². The molecule has 0 atom stereocenters. The summed E-state index contributed by atoms with van der Waals surface area (Å²) in [6.07, 6.45) is 0. The third-order valence-electron chi connectivity index (χ3n) is 5.31. The van der Waals surface area contributed by atoms with Crippen molar-refractivity contribution in [3.05, 3.63) is 101 Å². The van der Waals surface area contributed by atoms with Gasteiger partial charge in [-0.25, -0.2) is 13.8 Å². The number of benzene rings is 3. The van der Waals surface area contributed by atoms with Crippen molar-refractivity contribution < 1.29 is 13.6 Å². The van der Waals surface area contributed by atoms with Gasteiger partial charge in [-0.1, -0.05) is 42.5 Å². The van der Waals surface area contributed by atoms with E-state index in [0.717, 1.165) is 11.6 Å². The molecule has 1 heterocycles. The molecule has 0 spiro atoms. The lowest BCUT2D eigenvalue weighted by Crippen LogP contribution is -2.31. The van der Waals surface area contributed by atoms with Crippen LogP contribution in [0.4, 0.5) is 20.2 Å². The minimum atomic E-state index is -0.654. The number of halogens is 2. The average Bonchev–Trinajstić information content (AvgIpc) is 2.89. The molecule has 0 fully saturated rings. The molecule has 29 heavy (non-hydrogen) atoms. The van der Waals surface area contributed by atoms with Gasteiger partial charge in [-0.15, -0.1) is 0 Å². The van der Waals surface area contributed by atoms with E-state index >= 15 is 0 Å². The highest BCUT2D eigenvalue weighted by Gasteiger charge is 2.35. The molecule has 142 valence electrons. The first kappa shape index (κ1) is 17.5. The summed E-state index contributed by atoms with van der Waals surface area (Å²) < 4.78 is 29.1. The van der Waals surface area contributed by atoms with Crippen molar-refractivity contribution in [1.29, 1.82) is 0 Å². The first-order valence-electron chi connectivity index (χ1n) is 9.29. The standard InChI is InChI=1S/C24H16F2N2O/c1-14(29)28-13-18-22(15-7-3-2-4-8-15)23-17(11-16(25)12-19(23)26)24(18)27-20-9-5-6-10-21(20)28/h2-12H,13H2,1H3. The van der Waals surface area contributed by atoms with Crippen LogP contribution in [-0.4, -0.2) is 18.2 Å². The maximum atomic E-state index is 15.0. The number of amides is 1. The van der Waals surface area contributed by atoms with Gasteiger partial charge in [0.25, 0.3) is 0 Å². The molecule has 3 aromatic carbocycles. The number of para-hydroxylation sites is 2. The van der Waals surface area contributed by atoms with Crippen LogP contribution in [0.15, 0.2) is 77.3 Å². The summed E-state index contributed by atoms with van der Waals surface area (Å²) in [4.78, 5) is 18.9. The largest absolute Gasteiger partial charge is 0.306 e. The second-order valence-electron chi connectivity index (χ2n) is 7.08. The second-order valence-corrected chi connectivity index (χ2v) is 7.08. The molecule has 0 saturated carbocycles. The van der Waals surface area contributed by atoms with E-state index in [2.05, 4.69) is 0 Å². The molecular weight excluding hydrogens is 370 g/mol. The van der Waals surface area contributed by atoms with E-state index in [9.17, 15) is 13.6 Å². The van der Waals surface area contributed by atoms with Crippen LogP contribution in [0.3, 0.4) is 0 Å². The lowest BCUT2D eigenvalue weighted by atomic mass is 9.96. The Morgan fingerprint density at radius 3 is 2.48 bits per heavy atom. The number of fused-ring (bicyclic) bond motifs is 4. The van der Waals surface area contributed by atoms with E-state index < -0.39 is 11.6 Å². The number of carbonyl (C=O) groups is 1. The maximum absolute atomic E-state index is 15.0. The Morgan fingerprint density at radius 1 is 1.00 bits per heavy atom. The van der Waals surface area contributed by atoms with Gasteiger partial charge in [0, 0.05) is 29.7 Å². The summed E-state index contributed by atoms with van der Waals surface area (Å²) in [7, 11) is 0. The summed E-state index contributed by atoms with van der Waals surface area (Å²) in [6, 6.07) is 18.9. The van der Waals surface area contributed by atoms with E-state index in [1.165, 1.54) is 13.0 Å². The Morgan fingerprint density at radius 2 is 1.72 bits per heavy atom. The second kappa shape index (κ2) is 6.48. The molecule has 1 aliphatic heterocycles. The molecule has 0 N–H and O–H groups in total. The van der Waals surface area contributed by atoms with Crippen molar-refractivity contribution >= 4 is 28.6 Å². The average molecular weight is 386 g/mol. The zero-order valence-electron chi connectivity index (χ0n) is 15.6. The van der Waals surface area contributed by atoms with Crippen LogP contribution in [0.5, 0.6) is 0 Å². The Labute approximate surface area is 166 Å². The molecule has 3 nitrogen and oxygen atoms in total. The summed E-state index contributed by atoms with van der Waals surface area (Å²) in [5, 5.41) is 0. The predicted octanol–water partition coefficient (Wildman–Crippen LogP) is 5.27. The highest BCUT2D eigenvalue weighted by molar-refractivity contribution is 6.27. The van der Waals surface area contributed by atoms with Crippen LogP contribution < -0.4 is 4.90 Å². The molecule has 5 heteroatoms. The topological polar surface area (TPSA) is 32.7 Å². The van der Waals surface area contributed by atoms with Crippen molar-refractivity contribution in [2.75, 3.05) is 11.4 Å². The summed E-state index contributed by atoms with van der Waals surface area (Å²) in [5.74, 6) is -1.43. The van der Waals surface area contributed by atoms with Crippen molar-refractivity contribution in [3.63, 3.8) is 0 Å².